The minimum Gasteiger partial charge on any atom is -0.355 e. The summed E-state index contributed by atoms with van der Waals surface area (Å²) < 4.78 is 0. The van der Waals surface area contributed by atoms with Crippen LogP contribution in [0.2, 0.25) is 5.02 Å². The number of hydrogen-bond donors (Lipinski definition) is 2. The summed E-state index contributed by atoms with van der Waals surface area (Å²) in [6, 6.07) is 16.0. The molecule has 0 radical (unpaired) electrons. The summed E-state index contributed by atoms with van der Waals surface area (Å²) in [4.78, 5) is 4.36. The van der Waals surface area contributed by atoms with E-state index in [2.05, 4.69) is 27.8 Å². The number of halogens is 3. The second-order valence-electron chi connectivity index (χ2n) is 5.21. The highest BCUT2D eigenvalue weighted by atomic mass is 35.5. The number of pyridine rings is 1. The van der Waals surface area contributed by atoms with Crippen molar-refractivity contribution in [2.75, 3.05) is 17.7 Å². The second kappa shape index (κ2) is 9.09. The van der Waals surface area contributed by atoms with Gasteiger partial charge in [0.2, 0.25) is 0 Å². The van der Waals surface area contributed by atoms with Gasteiger partial charge in [-0.3, -0.25) is 4.98 Å². The Morgan fingerprint density at radius 1 is 1.04 bits per heavy atom. The van der Waals surface area contributed by atoms with Crippen molar-refractivity contribution in [1.82, 2.24) is 10.3 Å². The van der Waals surface area contributed by atoms with Crippen molar-refractivity contribution in [2.45, 2.75) is 6.54 Å². The zero-order chi connectivity index (χ0) is 16.1. The van der Waals surface area contributed by atoms with Crippen LogP contribution < -0.4 is 10.6 Å². The topological polar surface area (TPSA) is 37.0 Å². The van der Waals surface area contributed by atoms with E-state index in [0.717, 1.165) is 35.4 Å². The molecule has 0 amide bonds. The zero-order valence-electron chi connectivity index (χ0n) is 12.9. The van der Waals surface area contributed by atoms with Crippen molar-refractivity contribution < 1.29 is 0 Å². The summed E-state index contributed by atoms with van der Waals surface area (Å²) >= 11 is 11.7. The molecule has 0 aliphatic carbocycles. The summed E-state index contributed by atoms with van der Waals surface area (Å²) in [5.41, 5.74) is 4.14. The molecule has 0 atom stereocenters. The fourth-order valence-electron chi connectivity index (χ4n) is 2.44. The quantitative estimate of drug-likeness (QED) is 0.444. The summed E-state index contributed by atoms with van der Waals surface area (Å²) in [6.07, 6.45) is 1.78. The lowest BCUT2D eigenvalue weighted by atomic mass is 10.1. The lowest BCUT2D eigenvalue weighted by Gasteiger charge is -2.11. The molecular formula is C18H18Cl3N3. The van der Waals surface area contributed by atoms with E-state index in [4.69, 9.17) is 23.2 Å². The number of alkyl halides is 1. The largest absolute Gasteiger partial charge is 0.355 e. The molecule has 2 N–H and O–H groups in total. The number of nitrogens with zero attached hydrogens (tertiary/aromatic N) is 1. The Hall–Kier alpha value is -1.52. The van der Waals surface area contributed by atoms with E-state index in [-0.39, 0.29) is 12.4 Å². The molecule has 0 saturated heterocycles. The van der Waals surface area contributed by atoms with Crippen LogP contribution in [0.1, 0.15) is 5.56 Å². The first-order valence-electron chi connectivity index (χ1n) is 7.43. The molecule has 0 bridgehead atoms. The highest BCUT2D eigenvalue weighted by Gasteiger charge is 2.04. The highest BCUT2D eigenvalue weighted by Crippen LogP contribution is 2.27. The van der Waals surface area contributed by atoms with Gasteiger partial charge in [-0.1, -0.05) is 23.7 Å². The number of benzene rings is 2. The first kappa shape index (κ1) is 18.8. The van der Waals surface area contributed by atoms with Crippen LogP contribution in [0.3, 0.4) is 0 Å². The Bertz CT molecular complexity index is 808. The molecule has 0 saturated carbocycles. The fourth-order valence-corrected chi connectivity index (χ4v) is 2.74. The first-order chi connectivity index (χ1) is 11.3. The predicted octanol–water partition coefficient (Wildman–Crippen LogP) is 5.38. The third-order valence-electron chi connectivity index (χ3n) is 3.51. The molecule has 0 unspecified atom stereocenters. The van der Waals surface area contributed by atoms with Gasteiger partial charge in [-0.2, -0.15) is 0 Å². The van der Waals surface area contributed by atoms with Crippen LogP contribution in [0.5, 0.6) is 0 Å². The maximum Gasteiger partial charge on any atom is 0.0737 e. The Kier molecular flexibility index (Phi) is 7.13. The molecule has 2 aromatic carbocycles. The summed E-state index contributed by atoms with van der Waals surface area (Å²) in [6.45, 7) is 1.60. The van der Waals surface area contributed by atoms with Gasteiger partial charge in [-0.05, 0) is 42.0 Å². The number of hydrogen-bond acceptors (Lipinski definition) is 3. The van der Waals surface area contributed by atoms with Crippen molar-refractivity contribution in [3.05, 3.63) is 65.3 Å². The highest BCUT2D eigenvalue weighted by molar-refractivity contribution is 6.31. The van der Waals surface area contributed by atoms with Gasteiger partial charge in [0.25, 0.3) is 0 Å². The summed E-state index contributed by atoms with van der Waals surface area (Å²) in [5.74, 6) is 0.615. The average Bonchev–Trinajstić information content (AvgIpc) is 2.55. The summed E-state index contributed by atoms with van der Waals surface area (Å²) in [5, 5.41) is 8.49. The Labute approximate surface area is 157 Å². The van der Waals surface area contributed by atoms with Crippen LogP contribution >= 0.6 is 35.6 Å². The van der Waals surface area contributed by atoms with Crippen molar-refractivity contribution in [3.8, 4) is 0 Å². The van der Waals surface area contributed by atoms with Crippen LogP contribution in [-0.4, -0.2) is 17.4 Å². The number of nitrogens with one attached hydrogen (secondary N) is 2. The molecule has 3 rings (SSSR count). The van der Waals surface area contributed by atoms with Gasteiger partial charge in [0.05, 0.1) is 5.52 Å². The van der Waals surface area contributed by atoms with Crippen molar-refractivity contribution in [2.24, 2.45) is 0 Å². The molecule has 3 nitrogen and oxygen atoms in total. The van der Waals surface area contributed by atoms with E-state index in [1.165, 1.54) is 5.56 Å². The van der Waals surface area contributed by atoms with E-state index in [1.807, 2.05) is 36.4 Å². The normalized spacial score (nSPS) is 10.4. The van der Waals surface area contributed by atoms with Gasteiger partial charge in [0.1, 0.15) is 0 Å². The minimum absolute atomic E-state index is 0. The minimum atomic E-state index is 0. The Balaban J connectivity index is 0.00000208. The lowest BCUT2D eigenvalue weighted by Crippen LogP contribution is -2.15. The van der Waals surface area contributed by atoms with Crippen molar-refractivity contribution in [1.29, 1.82) is 0 Å². The molecule has 3 aromatic rings. The van der Waals surface area contributed by atoms with Crippen LogP contribution in [0.15, 0.2) is 54.7 Å². The van der Waals surface area contributed by atoms with Gasteiger partial charge in [-0.15, -0.1) is 24.0 Å². The number of fused-ring (bicyclic) bond motifs is 1. The molecule has 0 fully saturated rings. The van der Waals surface area contributed by atoms with Crippen LogP contribution in [-0.2, 0) is 6.54 Å². The van der Waals surface area contributed by atoms with E-state index in [0.29, 0.717) is 10.9 Å². The van der Waals surface area contributed by atoms with Crippen LogP contribution in [0.4, 0.5) is 11.4 Å². The van der Waals surface area contributed by atoms with E-state index in [1.54, 1.807) is 6.20 Å². The molecule has 126 valence electrons. The smallest absolute Gasteiger partial charge is 0.0737 e. The predicted molar refractivity (Wildman–Crippen MR) is 106 cm³/mol. The van der Waals surface area contributed by atoms with E-state index in [9.17, 15) is 0 Å². The SMILES string of the molecule is Cl.ClCCNCc1cccc(Nc2ccnc3cc(Cl)ccc23)c1. The lowest BCUT2D eigenvalue weighted by molar-refractivity contribution is 0.730. The monoisotopic (exact) mass is 381 g/mol. The number of aromatic nitrogens is 1. The standard InChI is InChI=1S/C18H17Cl2N3.ClH/c19-7-9-21-12-13-2-1-3-15(10-13)23-17-6-8-22-18-11-14(20)4-5-16(17)18;/h1-6,8,10-11,21H,7,9,12H2,(H,22,23);1H. The molecule has 0 aliphatic rings. The maximum absolute atomic E-state index is 6.04. The van der Waals surface area contributed by atoms with Gasteiger partial charge in [-0.25, -0.2) is 0 Å². The number of anilines is 2. The van der Waals surface area contributed by atoms with Crippen LogP contribution in [0.25, 0.3) is 10.9 Å². The molecule has 24 heavy (non-hydrogen) atoms. The molecule has 1 aromatic heterocycles. The first-order valence-corrected chi connectivity index (χ1v) is 8.34. The van der Waals surface area contributed by atoms with Crippen molar-refractivity contribution in [3.63, 3.8) is 0 Å². The van der Waals surface area contributed by atoms with E-state index >= 15 is 0 Å². The van der Waals surface area contributed by atoms with Gasteiger partial charge in [0, 0.05) is 46.9 Å². The van der Waals surface area contributed by atoms with Gasteiger partial charge in [0.15, 0.2) is 0 Å². The molecular weight excluding hydrogens is 365 g/mol. The molecule has 1 heterocycles. The second-order valence-corrected chi connectivity index (χ2v) is 6.03. The number of rotatable bonds is 6. The zero-order valence-corrected chi connectivity index (χ0v) is 15.3. The molecule has 6 heteroatoms. The average molecular weight is 383 g/mol. The Morgan fingerprint density at radius 3 is 2.75 bits per heavy atom. The van der Waals surface area contributed by atoms with Crippen LogP contribution in [0, 0.1) is 0 Å². The van der Waals surface area contributed by atoms with Gasteiger partial charge < -0.3 is 10.6 Å². The maximum atomic E-state index is 6.04. The van der Waals surface area contributed by atoms with Crippen molar-refractivity contribution >= 4 is 57.9 Å². The van der Waals surface area contributed by atoms with E-state index < -0.39 is 0 Å². The third kappa shape index (κ3) is 4.74. The molecule has 0 aliphatic heterocycles. The third-order valence-corrected chi connectivity index (χ3v) is 3.94. The molecule has 0 spiro atoms. The fraction of sp³-hybridized carbons (Fsp3) is 0.167. The van der Waals surface area contributed by atoms with Gasteiger partial charge >= 0.3 is 0 Å². The Morgan fingerprint density at radius 2 is 1.92 bits per heavy atom. The summed E-state index contributed by atoms with van der Waals surface area (Å²) in [7, 11) is 0.